The minimum absolute atomic E-state index is 0.461. The van der Waals surface area contributed by atoms with Gasteiger partial charge in [0.1, 0.15) is 0 Å². The van der Waals surface area contributed by atoms with Crippen molar-refractivity contribution in [2.75, 3.05) is 18.5 Å². The fourth-order valence-corrected chi connectivity index (χ4v) is 2.09. The Kier molecular flexibility index (Phi) is 6.06. The van der Waals surface area contributed by atoms with E-state index in [9.17, 15) is 0 Å². The van der Waals surface area contributed by atoms with Crippen molar-refractivity contribution in [3.8, 4) is 0 Å². The summed E-state index contributed by atoms with van der Waals surface area (Å²) in [4.78, 5) is 2.31. The molecule has 1 atom stereocenters. The molecule has 0 heterocycles. The van der Waals surface area contributed by atoms with Crippen LogP contribution in [-0.2, 0) is 6.42 Å². The van der Waals surface area contributed by atoms with E-state index in [4.69, 9.17) is 5.73 Å². The Labute approximate surface area is 106 Å². The molecule has 1 rings (SSSR count). The van der Waals surface area contributed by atoms with E-state index in [0.29, 0.717) is 6.04 Å². The predicted octanol–water partition coefficient (Wildman–Crippen LogP) is 3.20. The Hall–Kier alpha value is -1.02. The number of hydrogen-bond donors (Lipinski definition) is 1. The van der Waals surface area contributed by atoms with Crippen LogP contribution in [0.5, 0.6) is 0 Å². The summed E-state index contributed by atoms with van der Waals surface area (Å²) >= 11 is 0. The Bertz CT molecular complexity index is 305. The monoisotopic (exact) mass is 234 g/mol. The Morgan fingerprint density at radius 3 is 2.29 bits per heavy atom. The molecule has 1 aromatic carbocycles. The molecule has 1 aromatic rings. The van der Waals surface area contributed by atoms with Crippen LogP contribution in [0.15, 0.2) is 24.3 Å². The molecule has 0 amide bonds. The van der Waals surface area contributed by atoms with Crippen LogP contribution in [0.2, 0.25) is 0 Å². The second-order valence-corrected chi connectivity index (χ2v) is 4.66. The van der Waals surface area contributed by atoms with Crippen LogP contribution < -0.4 is 10.6 Å². The van der Waals surface area contributed by atoms with Crippen molar-refractivity contribution < 1.29 is 0 Å². The minimum Gasteiger partial charge on any atom is -0.370 e. The van der Waals surface area contributed by atoms with Crippen LogP contribution in [0.3, 0.4) is 0 Å². The number of nitrogens with zero attached hydrogens (tertiary/aromatic N) is 1. The molecule has 0 fully saturated rings. The van der Waals surface area contributed by atoms with Crippen molar-refractivity contribution in [1.82, 2.24) is 0 Å². The number of likely N-dealkylation sites (N-methyl/N-ethyl adjacent to an activating group) is 1. The Morgan fingerprint density at radius 1 is 1.18 bits per heavy atom. The predicted molar refractivity (Wildman–Crippen MR) is 76.6 cm³/mol. The van der Waals surface area contributed by atoms with Crippen LogP contribution in [0.4, 0.5) is 5.69 Å². The van der Waals surface area contributed by atoms with Crippen molar-refractivity contribution in [2.24, 2.45) is 5.73 Å². The molecule has 0 radical (unpaired) electrons. The normalized spacial score (nSPS) is 12.5. The lowest BCUT2D eigenvalue weighted by Gasteiger charge is -2.29. The smallest absolute Gasteiger partial charge is 0.0409 e. The summed E-state index contributed by atoms with van der Waals surface area (Å²) in [5.41, 5.74) is 8.53. The zero-order valence-corrected chi connectivity index (χ0v) is 11.4. The van der Waals surface area contributed by atoms with E-state index >= 15 is 0 Å². The van der Waals surface area contributed by atoms with Crippen molar-refractivity contribution in [3.63, 3.8) is 0 Å². The van der Waals surface area contributed by atoms with Crippen molar-refractivity contribution >= 4 is 5.69 Å². The first-order valence-corrected chi connectivity index (χ1v) is 6.74. The second kappa shape index (κ2) is 7.33. The van der Waals surface area contributed by atoms with Crippen molar-refractivity contribution in [3.05, 3.63) is 29.8 Å². The highest BCUT2D eigenvalue weighted by Gasteiger charge is 2.12. The molecular weight excluding hydrogens is 208 g/mol. The van der Waals surface area contributed by atoms with Gasteiger partial charge in [-0.15, -0.1) is 0 Å². The number of nitrogens with two attached hydrogens (primary N) is 1. The maximum atomic E-state index is 5.87. The zero-order chi connectivity index (χ0) is 12.7. The topological polar surface area (TPSA) is 29.3 Å². The van der Waals surface area contributed by atoms with Crippen LogP contribution in [0.1, 0.15) is 38.7 Å². The van der Waals surface area contributed by atoms with E-state index in [0.717, 1.165) is 13.0 Å². The largest absolute Gasteiger partial charge is 0.370 e. The van der Waals surface area contributed by atoms with E-state index < -0.39 is 0 Å². The maximum absolute atomic E-state index is 5.87. The standard InChI is InChI=1S/C15H26N2/c1-4-6-7-15(12-16)17(3)14-10-8-13(5-2)9-11-14/h8-11,15H,4-7,12,16H2,1-3H3. The molecule has 0 aromatic heterocycles. The molecule has 0 aliphatic rings. The van der Waals surface area contributed by atoms with Crippen molar-refractivity contribution in [1.29, 1.82) is 0 Å². The van der Waals surface area contributed by atoms with E-state index in [1.807, 2.05) is 0 Å². The summed E-state index contributed by atoms with van der Waals surface area (Å²) < 4.78 is 0. The molecule has 2 N–H and O–H groups in total. The molecule has 0 saturated carbocycles. The summed E-state index contributed by atoms with van der Waals surface area (Å²) in [5.74, 6) is 0. The molecule has 2 heteroatoms. The first-order valence-electron chi connectivity index (χ1n) is 6.74. The van der Waals surface area contributed by atoms with Crippen LogP contribution in [0.25, 0.3) is 0 Å². The SMILES string of the molecule is CCCCC(CN)N(C)c1ccc(CC)cc1. The lowest BCUT2D eigenvalue weighted by Crippen LogP contribution is -2.37. The third kappa shape index (κ3) is 4.04. The highest BCUT2D eigenvalue weighted by Crippen LogP contribution is 2.18. The Balaban J connectivity index is 2.67. The third-order valence-electron chi connectivity index (χ3n) is 3.46. The summed E-state index contributed by atoms with van der Waals surface area (Å²) in [6.45, 7) is 5.14. The van der Waals surface area contributed by atoms with Gasteiger partial charge in [0.15, 0.2) is 0 Å². The van der Waals surface area contributed by atoms with E-state index in [1.165, 1.54) is 30.5 Å². The van der Waals surface area contributed by atoms with Gasteiger partial charge in [0.05, 0.1) is 0 Å². The molecule has 0 aliphatic carbocycles. The lowest BCUT2D eigenvalue weighted by atomic mass is 10.1. The van der Waals surface area contributed by atoms with Gasteiger partial charge in [-0.3, -0.25) is 0 Å². The summed E-state index contributed by atoms with van der Waals surface area (Å²) in [7, 11) is 2.15. The first-order chi connectivity index (χ1) is 8.22. The maximum Gasteiger partial charge on any atom is 0.0409 e. The molecule has 1 unspecified atom stereocenters. The lowest BCUT2D eigenvalue weighted by molar-refractivity contribution is 0.558. The number of benzene rings is 1. The minimum atomic E-state index is 0.461. The molecule has 0 bridgehead atoms. The first kappa shape index (κ1) is 14.0. The van der Waals surface area contributed by atoms with Gasteiger partial charge in [0, 0.05) is 25.3 Å². The zero-order valence-electron chi connectivity index (χ0n) is 11.4. The number of rotatable bonds is 7. The summed E-state index contributed by atoms with van der Waals surface area (Å²) in [5, 5.41) is 0. The quantitative estimate of drug-likeness (QED) is 0.785. The molecule has 17 heavy (non-hydrogen) atoms. The highest BCUT2D eigenvalue weighted by molar-refractivity contribution is 5.47. The third-order valence-corrected chi connectivity index (χ3v) is 3.46. The molecular formula is C15H26N2. The Morgan fingerprint density at radius 2 is 1.82 bits per heavy atom. The molecule has 0 spiro atoms. The van der Waals surface area contributed by atoms with Crippen LogP contribution >= 0.6 is 0 Å². The van der Waals surface area contributed by atoms with Gasteiger partial charge in [0.2, 0.25) is 0 Å². The van der Waals surface area contributed by atoms with Crippen molar-refractivity contribution in [2.45, 2.75) is 45.6 Å². The fourth-order valence-electron chi connectivity index (χ4n) is 2.09. The fraction of sp³-hybridized carbons (Fsp3) is 0.600. The van der Waals surface area contributed by atoms with Gasteiger partial charge in [-0.05, 0) is 30.5 Å². The second-order valence-electron chi connectivity index (χ2n) is 4.66. The summed E-state index contributed by atoms with van der Waals surface area (Å²) in [6, 6.07) is 9.28. The van der Waals surface area contributed by atoms with Gasteiger partial charge in [-0.2, -0.15) is 0 Å². The number of anilines is 1. The number of unbranched alkanes of at least 4 members (excludes halogenated alkanes) is 1. The van der Waals surface area contributed by atoms with Gasteiger partial charge in [-0.1, -0.05) is 38.8 Å². The van der Waals surface area contributed by atoms with E-state index in [2.05, 4.69) is 50.1 Å². The molecule has 2 nitrogen and oxygen atoms in total. The number of hydrogen-bond acceptors (Lipinski definition) is 2. The average Bonchev–Trinajstić information content (AvgIpc) is 2.39. The highest BCUT2D eigenvalue weighted by atomic mass is 15.1. The van der Waals surface area contributed by atoms with Crippen LogP contribution in [-0.4, -0.2) is 19.6 Å². The van der Waals surface area contributed by atoms with Gasteiger partial charge < -0.3 is 10.6 Å². The van der Waals surface area contributed by atoms with Crippen LogP contribution in [0, 0.1) is 0 Å². The molecule has 0 aliphatic heterocycles. The van der Waals surface area contributed by atoms with Gasteiger partial charge in [0.25, 0.3) is 0 Å². The average molecular weight is 234 g/mol. The summed E-state index contributed by atoms with van der Waals surface area (Å²) in [6.07, 6.45) is 4.76. The van der Waals surface area contributed by atoms with Gasteiger partial charge >= 0.3 is 0 Å². The molecule has 0 saturated heterocycles. The molecule has 96 valence electrons. The van der Waals surface area contributed by atoms with Gasteiger partial charge in [-0.25, -0.2) is 0 Å². The van der Waals surface area contributed by atoms with E-state index in [1.54, 1.807) is 0 Å². The van der Waals surface area contributed by atoms with E-state index in [-0.39, 0.29) is 0 Å². The number of aryl methyl sites for hydroxylation is 1.